The molecular formula is C17H25N6O3S+. The van der Waals surface area contributed by atoms with Gasteiger partial charge in [0.1, 0.15) is 13.1 Å². The number of carbonyl (C=O) groups excluding carboxylic acids is 1. The van der Waals surface area contributed by atoms with Crippen LogP contribution < -0.4 is 15.6 Å². The van der Waals surface area contributed by atoms with Crippen molar-refractivity contribution in [1.29, 1.82) is 0 Å². The van der Waals surface area contributed by atoms with Crippen molar-refractivity contribution in [2.75, 3.05) is 50.5 Å². The normalized spacial score (nSPS) is 14.6. The van der Waals surface area contributed by atoms with Gasteiger partial charge >= 0.3 is 5.69 Å². The monoisotopic (exact) mass is 393 g/mol. The molecule has 0 atom stereocenters. The third-order valence-corrected chi connectivity index (χ3v) is 5.41. The zero-order valence-corrected chi connectivity index (χ0v) is 16.2. The van der Waals surface area contributed by atoms with Gasteiger partial charge in [0.2, 0.25) is 5.91 Å². The molecule has 1 saturated heterocycles. The molecule has 0 bridgehead atoms. The van der Waals surface area contributed by atoms with E-state index >= 15 is 0 Å². The van der Waals surface area contributed by atoms with E-state index in [1.165, 1.54) is 11.8 Å². The number of anilines is 1. The number of H-pyrrole nitrogens is 2. The molecule has 146 valence electrons. The number of carbonyl (C=O) groups is 1. The topological polar surface area (TPSA) is 97.6 Å². The molecule has 0 unspecified atom stereocenters. The predicted octanol–water partition coefficient (Wildman–Crippen LogP) is -0.137. The Morgan fingerprint density at radius 2 is 2.15 bits per heavy atom. The van der Waals surface area contributed by atoms with Gasteiger partial charge < -0.3 is 9.64 Å². The maximum atomic E-state index is 12.5. The molecule has 1 fully saturated rings. The SMILES string of the molecule is COCCCn1c(SCC(=O)N2CCN(c3cccc[nH+]3)CC2)n[nH]c1=O. The molecule has 1 aliphatic rings. The largest absolute Gasteiger partial charge is 0.385 e. The van der Waals surface area contributed by atoms with E-state index in [0.717, 1.165) is 25.3 Å². The van der Waals surface area contributed by atoms with Gasteiger partial charge in [0, 0.05) is 26.3 Å². The molecule has 0 aliphatic carbocycles. The maximum absolute atomic E-state index is 12.5. The van der Waals surface area contributed by atoms with Crippen molar-refractivity contribution >= 4 is 23.5 Å². The van der Waals surface area contributed by atoms with Gasteiger partial charge in [-0.25, -0.2) is 14.9 Å². The molecule has 3 heterocycles. The zero-order chi connectivity index (χ0) is 19.1. The summed E-state index contributed by atoms with van der Waals surface area (Å²) in [6, 6.07) is 5.98. The highest BCUT2D eigenvalue weighted by atomic mass is 32.2. The van der Waals surface area contributed by atoms with Crippen LogP contribution in [0.2, 0.25) is 0 Å². The second kappa shape index (κ2) is 9.56. The second-order valence-electron chi connectivity index (χ2n) is 6.21. The summed E-state index contributed by atoms with van der Waals surface area (Å²) in [5.74, 6) is 1.40. The van der Waals surface area contributed by atoms with Crippen LogP contribution in [0.25, 0.3) is 0 Å². The van der Waals surface area contributed by atoms with Gasteiger partial charge in [-0.2, -0.15) is 0 Å². The Labute approximate surface area is 161 Å². The van der Waals surface area contributed by atoms with Crippen LogP contribution in [0.15, 0.2) is 34.3 Å². The maximum Gasteiger partial charge on any atom is 0.343 e. The molecule has 1 amide bonds. The van der Waals surface area contributed by atoms with Gasteiger partial charge in [0.05, 0.1) is 25.0 Å². The van der Waals surface area contributed by atoms with Crippen molar-refractivity contribution in [3.8, 4) is 0 Å². The molecule has 0 saturated carbocycles. The number of hydrogen-bond donors (Lipinski definition) is 1. The number of nitrogens with zero attached hydrogens (tertiary/aromatic N) is 4. The van der Waals surface area contributed by atoms with E-state index in [1.807, 2.05) is 29.3 Å². The van der Waals surface area contributed by atoms with Gasteiger partial charge in [-0.1, -0.05) is 17.8 Å². The summed E-state index contributed by atoms with van der Waals surface area (Å²) in [4.78, 5) is 31.7. The average Bonchev–Trinajstić information content (AvgIpc) is 3.07. The first-order valence-electron chi connectivity index (χ1n) is 8.95. The van der Waals surface area contributed by atoms with E-state index in [4.69, 9.17) is 4.74 Å². The van der Waals surface area contributed by atoms with Gasteiger partial charge in [-0.15, -0.1) is 5.10 Å². The van der Waals surface area contributed by atoms with Crippen molar-refractivity contribution in [2.45, 2.75) is 18.1 Å². The zero-order valence-electron chi connectivity index (χ0n) is 15.4. The first-order valence-corrected chi connectivity index (χ1v) is 9.94. The van der Waals surface area contributed by atoms with Crippen LogP contribution in [-0.4, -0.2) is 71.2 Å². The Balaban J connectivity index is 1.48. The van der Waals surface area contributed by atoms with Gasteiger partial charge in [0.25, 0.3) is 5.82 Å². The van der Waals surface area contributed by atoms with Crippen molar-refractivity contribution in [3.63, 3.8) is 0 Å². The Morgan fingerprint density at radius 3 is 2.85 bits per heavy atom. The number of piperazine rings is 1. The lowest BCUT2D eigenvalue weighted by atomic mass is 10.3. The van der Waals surface area contributed by atoms with E-state index in [0.29, 0.717) is 31.4 Å². The molecule has 27 heavy (non-hydrogen) atoms. The van der Waals surface area contributed by atoms with E-state index in [-0.39, 0.29) is 17.3 Å². The minimum absolute atomic E-state index is 0.0654. The molecule has 2 N–H and O–H groups in total. The summed E-state index contributed by atoms with van der Waals surface area (Å²) in [6.45, 7) is 4.05. The molecule has 10 heteroatoms. The lowest BCUT2D eigenvalue weighted by molar-refractivity contribution is -0.364. The fourth-order valence-electron chi connectivity index (χ4n) is 2.97. The summed E-state index contributed by atoms with van der Waals surface area (Å²) < 4.78 is 6.57. The quantitative estimate of drug-likeness (QED) is 0.495. The van der Waals surface area contributed by atoms with Crippen LogP contribution in [-0.2, 0) is 16.1 Å². The number of thioether (sulfide) groups is 1. The third-order valence-electron chi connectivity index (χ3n) is 4.44. The summed E-state index contributed by atoms with van der Waals surface area (Å²) in [5, 5.41) is 7.02. The van der Waals surface area contributed by atoms with Crippen LogP contribution in [0.5, 0.6) is 0 Å². The van der Waals surface area contributed by atoms with Gasteiger partial charge in [-0.05, 0) is 12.5 Å². The first kappa shape index (κ1) is 19.4. The number of nitrogens with one attached hydrogen (secondary N) is 2. The van der Waals surface area contributed by atoms with E-state index in [9.17, 15) is 9.59 Å². The van der Waals surface area contributed by atoms with Crippen molar-refractivity contribution < 1.29 is 14.5 Å². The molecule has 9 nitrogen and oxygen atoms in total. The Morgan fingerprint density at radius 1 is 1.33 bits per heavy atom. The van der Waals surface area contributed by atoms with Gasteiger partial charge in [-0.3, -0.25) is 14.3 Å². The van der Waals surface area contributed by atoms with Crippen molar-refractivity contribution in [3.05, 3.63) is 34.9 Å². The molecule has 1 aliphatic heterocycles. The van der Waals surface area contributed by atoms with Crippen LogP contribution in [0.3, 0.4) is 0 Å². The number of methoxy groups -OCH3 is 1. The van der Waals surface area contributed by atoms with Crippen LogP contribution >= 0.6 is 11.8 Å². The molecule has 0 spiro atoms. The lowest BCUT2D eigenvalue weighted by Crippen LogP contribution is -2.50. The van der Waals surface area contributed by atoms with Crippen LogP contribution in [0.4, 0.5) is 5.82 Å². The Hall–Kier alpha value is -2.33. The first-order chi connectivity index (χ1) is 13.2. The summed E-state index contributed by atoms with van der Waals surface area (Å²) in [6.07, 6.45) is 2.62. The summed E-state index contributed by atoms with van der Waals surface area (Å²) in [5.41, 5.74) is -0.256. The van der Waals surface area contributed by atoms with Crippen LogP contribution in [0, 0.1) is 0 Å². The standard InChI is InChI=1S/C17H24N6O3S/c1-26-12-4-7-23-16(25)19-20-17(23)27-13-15(24)22-10-8-21(9-11-22)14-5-2-3-6-18-14/h2-3,5-6H,4,7-13H2,1H3,(H,19,25)/p+1. The van der Waals surface area contributed by atoms with E-state index in [2.05, 4.69) is 20.1 Å². The number of aromatic nitrogens is 4. The minimum atomic E-state index is -0.256. The molecular weight excluding hydrogens is 368 g/mol. The molecule has 2 aromatic heterocycles. The highest BCUT2D eigenvalue weighted by Crippen LogP contribution is 2.16. The number of ether oxygens (including phenoxy) is 1. The van der Waals surface area contributed by atoms with Crippen molar-refractivity contribution in [2.24, 2.45) is 0 Å². The van der Waals surface area contributed by atoms with E-state index in [1.54, 1.807) is 11.7 Å². The highest BCUT2D eigenvalue weighted by Gasteiger charge is 2.26. The molecule has 0 radical (unpaired) electrons. The summed E-state index contributed by atoms with van der Waals surface area (Å²) in [7, 11) is 1.63. The Kier molecular flexibility index (Phi) is 6.88. The van der Waals surface area contributed by atoms with Crippen molar-refractivity contribution in [1.82, 2.24) is 19.7 Å². The second-order valence-corrected chi connectivity index (χ2v) is 7.16. The minimum Gasteiger partial charge on any atom is -0.385 e. The highest BCUT2D eigenvalue weighted by molar-refractivity contribution is 7.99. The summed E-state index contributed by atoms with van der Waals surface area (Å²) >= 11 is 1.29. The number of aromatic amines is 2. The fourth-order valence-corrected chi connectivity index (χ4v) is 3.85. The number of hydrogen-bond acceptors (Lipinski definition) is 6. The number of amides is 1. The number of rotatable bonds is 8. The Bertz CT molecular complexity index is 785. The smallest absolute Gasteiger partial charge is 0.343 e. The fraction of sp³-hybridized carbons (Fsp3) is 0.529. The lowest BCUT2D eigenvalue weighted by Gasteiger charge is -2.30. The number of pyridine rings is 1. The third kappa shape index (κ3) is 5.10. The van der Waals surface area contributed by atoms with Gasteiger partial charge in [0.15, 0.2) is 5.16 Å². The molecule has 0 aromatic carbocycles. The van der Waals surface area contributed by atoms with Crippen LogP contribution in [0.1, 0.15) is 6.42 Å². The molecule has 2 aromatic rings. The predicted molar refractivity (Wildman–Crippen MR) is 102 cm³/mol. The average molecular weight is 393 g/mol. The molecule has 3 rings (SSSR count). The van der Waals surface area contributed by atoms with E-state index < -0.39 is 0 Å².